The van der Waals surface area contributed by atoms with E-state index >= 15 is 0 Å². The summed E-state index contributed by atoms with van der Waals surface area (Å²) in [4.78, 5) is 26.7. The van der Waals surface area contributed by atoms with Crippen LogP contribution in [0.3, 0.4) is 0 Å². The van der Waals surface area contributed by atoms with Gasteiger partial charge in [0.25, 0.3) is 5.91 Å². The van der Waals surface area contributed by atoms with Crippen molar-refractivity contribution in [3.05, 3.63) is 29.8 Å². The van der Waals surface area contributed by atoms with E-state index in [0.717, 1.165) is 25.5 Å². The minimum atomic E-state index is -3.47. The van der Waals surface area contributed by atoms with E-state index in [-0.39, 0.29) is 23.4 Å². The number of nitrogens with one attached hydrogen (secondary N) is 2. The van der Waals surface area contributed by atoms with Crippen LogP contribution in [0, 0.1) is 5.92 Å². The predicted octanol–water partition coefficient (Wildman–Crippen LogP) is 2.22. The second-order valence-electron chi connectivity index (χ2n) is 6.98. The number of anilines is 1. The van der Waals surface area contributed by atoms with E-state index < -0.39 is 10.0 Å². The van der Waals surface area contributed by atoms with E-state index in [1.165, 1.54) is 0 Å². The molecule has 2 rings (SSSR count). The van der Waals surface area contributed by atoms with E-state index in [1.54, 1.807) is 29.2 Å². The number of sulfonamides is 1. The Balaban J connectivity index is 1.93. The number of amides is 2. The summed E-state index contributed by atoms with van der Waals surface area (Å²) in [7, 11) is -3.47. The third kappa shape index (κ3) is 6.53. The van der Waals surface area contributed by atoms with Gasteiger partial charge in [-0.15, -0.1) is 0 Å². The van der Waals surface area contributed by atoms with Gasteiger partial charge < -0.3 is 10.2 Å². The maximum atomic E-state index is 12.8. The Labute approximate surface area is 161 Å². The van der Waals surface area contributed by atoms with Crippen LogP contribution in [0.15, 0.2) is 24.3 Å². The minimum absolute atomic E-state index is 0.0670. The van der Waals surface area contributed by atoms with E-state index in [2.05, 4.69) is 17.0 Å². The van der Waals surface area contributed by atoms with Crippen LogP contribution >= 0.6 is 0 Å². The molecular weight excluding hydrogens is 366 g/mol. The first kappa shape index (κ1) is 21.2. The summed E-state index contributed by atoms with van der Waals surface area (Å²) in [5.41, 5.74) is 0.603. The van der Waals surface area contributed by atoms with Crippen LogP contribution in [0.5, 0.6) is 0 Å². The minimum Gasteiger partial charge on any atom is -0.356 e. The zero-order chi connectivity index (χ0) is 19.9. The molecule has 1 aliphatic rings. The van der Waals surface area contributed by atoms with E-state index in [1.807, 2.05) is 0 Å². The number of para-hydroxylation sites is 1. The standard InChI is InChI=1S/C19H29N3O4S/c1-3-4-7-12-20-18(23)15-10-13-22(14-11-15)19(24)16-8-5-6-9-17(16)21-27(2,25)26/h5-6,8-9,15,21H,3-4,7,10-14H2,1-2H3,(H,20,23). The summed E-state index contributed by atoms with van der Waals surface area (Å²) in [5, 5.41) is 2.98. The first-order chi connectivity index (χ1) is 12.8. The molecule has 150 valence electrons. The molecule has 8 heteroatoms. The molecule has 2 N–H and O–H groups in total. The van der Waals surface area contributed by atoms with Crippen molar-refractivity contribution in [3.8, 4) is 0 Å². The van der Waals surface area contributed by atoms with Gasteiger partial charge in [-0.1, -0.05) is 31.9 Å². The molecule has 1 heterocycles. The number of unbranched alkanes of at least 4 members (excludes halogenated alkanes) is 2. The number of piperidine rings is 1. The summed E-state index contributed by atoms with van der Waals surface area (Å²) in [5.74, 6) is -0.221. The number of rotatable bonds is 8. The van der Waals surface area contributed by atoms with Crippen LogP contribution in [-0.4, -0.2) is 51.0 Å². The van der Waals surface area contributed by atoms with E-state index in [4.69, 9.17) is 0 Å². The lowest BCUT2D eigenvalue weighted by molar-refractivity contribution is -0.126. The molecule has 1 aromatic carbocycles. The van der Waals surface area contributed by atoms with Gasteiger partial charge in [0.1, 0.15) is 0 Å². The molecule has 1 aromatic rings. The number of likely N-dealkylation sites (tertiary alicyclic amines) is 1. The van der Waals surface area contributed by atoms with Crippen molar-refractivity contribution < 1.29 is 18.0 Å². The molecule has 0 radical (unpaired) electrons. The highest BCUT2D eigenvalue weighted by Crippen LogP contribution is 2.23. The smallest absolute Gasteiger partial charge is 0.255 e. The fourth-order valence-electron chi connectivity index (χ4n) is 3.20. The molecule has 0 unspecified atom stereocenters. The summed E-state index contributed by atoms with van der Waals surface area (Å²) < 4.78 is 25.4. The Hall–Kier alpha value is -2.09. The second-order valence-corrected chi connectivity index (χ2v) is 8.73. The molecule has 0 aromatic heterocycles. The zero-order valence-corrected chi connectivity index (χ0v) is 16.8. The SMILES string of the molecule is CCCCCNC(=O)C1CCN(C(=O)c2ccccc2NS(C)(=O)=O)CC1. The summed E-state index contributed by atoms with van der Waals surface area (Å²) >= 11 is 0. The van der Waals surface area contributed by atoms with Crippen LogP contribution in [0.1, 0.15) is 49.4 Å². The van der Waals surface area contributed by atoms with Crippen molar-refractivity contribution >= 4 is 27.5 Å². The Bertz CT molecular complexity index is 756. The monoisotopic (exact) mass is 395 g/mol. The van der Waals surface area contributed by atoms with Crippen LogP contribution in [0.25, 0.3) is 0 Å². The van der Waals surface area contributed by atoms with Crippen LogP contribution in [0.4, 0.5) is 5.69 Å². The number of hydrogen-bond acceptors (Lipinski definition) is 4. The van der Waals surface area contributed by atoms with Gasteiger partial charge in [0.05, 0.1) is 17.5 Å². The predicted molar refractivity (Wildman–Crippen MR) is 106 cm³/mol. The summed E-state index contributed by atoms with van der Waals surface area (Å²) in [6.45, 7) is 3.80. The number of carbonyl (C=O) groups is 2. The number of hydrogen-bond donors (Lipinski definition) is 2. The van der Waals surface area contributed by atoms with Crippen molar-refractivity contribution in [3.63, 3.8) is 0 Å². The van der Waals surface area contributed by atoms with Crippen molar-refractivity contribution in [2.45, 2.75) is 39.0 Å². The van der Waals surface area contributed by atoms with Gasteiger partial charge in [0.15, 0.2) is 0 Å². The van der Waals surface area contributed by atoms with Gasteiger partial charge in [-0.3, -0.25) is 14.3 Å². The van der Waals surface area contributed by atoms with Crippen LogP contribution < -0.4 is 10.0 Å². The number of nitrogens with zero attached hydrogens (tertiary/aromatic N) is 1. The quantitative estimate of drug-likeness (QED) is 0.660. The Morgan fingerprint density at radius 3 is 2.44 bits per heavy atom. The van der Waals surface area contributed by atoms with Crippen molar-refractivity contribution in [2.24, 2.45) is 5.92 Å². The van der Waals surface area contributed by atoms with Gasteiger partial charge >= 0.3 is 0 Å². The molecule has 1 saturated heterocycles. The van der Waals surface area contributed by atoms with Crippen molar-refractivity contribution in [1.82, 2.24) is 10.2 Å². The molecule has 0 bridgehead atoms. The molecule has 27 heavy (non-hydrogen) atoms. The first-order valence-electron chi connectivity index (χ1n) is 9.45. The molecule has 0 atom stereocenters. The van der Waals surface area contributed by atoms with Gasteiger partial charge in [-0.2, -0.15) is 0 Å². The third-order valence-corrected chi connectivity index (χ3v) is 5.28. The van der Waals surface area contributed by atoms with Gasteiger partial charge in [-0.25, -0.2) is 8.42 Å². The maximum Gasteiger partial charge on any atom is 0.255 e. The Morgan fingerprint density at radius 1 is 1.15 bits per heavy atom. The molecular formula is C19H29N3O4S. The molecule has 0 saturated carbocycles. The molecule has 2 amide bonds. The molecule has 1 fully saturated rings. The lowest BCUT2D eigenvalue weighted by atomic mass is 9.95. The number of benzene rings is 1. The lowest BCUT2D eigenvalue weighted by Crippen LogP contribution is -2.43. The number of carbonyl (C=O) groups excluding carboxylic acids is 2. The first-order valence-corrected chi connectivity index (χ1v) is 11.3. The third-order valence-electron chi connectivity index (χ3n) is 4.69. The summed E-state index contributed by atoms with van der Waals surface area (Å²) in [6, 6.07) is 6.57. The van der Waals surface area contributed by atoms with E-state index in [0.29, 0.717) is 38.0 Å². The Kier molecular flexibility index (Phi) is 7.65. The van der Waals surface area contributed by atoms with Crippen molar-refractivity contribution in [1.29, 1.82) is 0 Å². The highest BCUT2D eigenvalue weighted by Gasteiger charge is 2.28. The Morgan fingerprint density at radius 2 is 1.81 bits per heavy atom. The highest BCUT2D eigenvalue weighted by atomic mass is 32.2. The average Bonchev–Trinajstić information content (AvgIpc) is 2.64. The van der Waals surface area contributed by atoms with Crippen molar-refractivity contribution in [2.75, 3.05) is 30.6 Å². The fourth-order valence-corrected chi connectivity index (χ4v) is 3.78. The molecule has 7 nitrogen and oxygen atoms in total. The van der Waals surface area contributed by atoms with E-state index in [9.17, 15) is 18.0 Å². The van der Waals surface area contributed by atoms with Crippen LogP contribution in [0.2, 0.25) is 0 Å². The normalized spacial score (nSPS) is 15.4. The molecule has 1 aliphatic heterocycles. The largest absolute Gasteiger partial charge is 0.356 e. The maximum absolute atomic E-state index is 12.8. The molecule has 0 aliphatic carbocycles. The molecule has 0 spiro atoms. The average molecular weight is 396 g/mol. The topological polar surface area (TPSA) is 95.6 Å². The van der Waals surface area contributed by atoms with Gasteiger partial charge in [0.2, 0.25) is 15.9 Å². The highest BCUT2D eigenvalue weighted by molar-refractivity contribution is 7.92. The summed E-state index contributed by atoms with van der Waals surface area (Å²) in [6.07, 6.45) is 5.50. The van der Waals surface area contributed by atoms with Crippen LogP contribution in [-0.2, 0) is 14.8 Å². The second kappa shape index (κ2) is 9.73. The fraction of sp³-hybridized carbons (Fsp3) is 0.579. The zero-order valence-electron chi connectivity index (χ0n) is 16.0. The lowest BCUT2D eigenvalue weighted by Gasteiger charge is -2.31. The van der Waals surface area contributed by atoms with Gasteiger partial charge in [0, 0.05) is 25.6 Å². The van der Waals surface area contributed by atoms with Gasteiger partial charge in [-0.05, 0) is 31.4 Å².